The molecule has 0 saturated carbocycles. The van der Waals surface area contributed by atoms with Crippen molar-refractivity contribution in [3.05, 3.63) is 0 Å². The van der Waals surface area contributed by atoms with Crippen molar-refractivity contribution in [2.24, 2.45) is 0 Å². The van der Waals surface area contributed by atoms with Crippen LogP contribution in [0, 0.1) is 0 Å². The van der Waals surface area contributed by atoms with Gasteiger partial charge < -0.3 is 4.74 Å². The highest BCUT2D eigenvalue weighted by Crippen LogP contribution is 2.17. The topological polar surface area (TPSA) is 26.3 Å². The second kappa shape index (κ2) is 4.55. The van der Waals surface area contributed by atoms with E-state index in [1.54, 1.807) is 0 Å². The predicted octanol–water partition coefficient (Wildman–Crippen LogP) is 1.87. The van der Waals surface area contributed by atoms with Crippen LogP contribution >= 0.6 is 0 Å². The second-order valence-corrected chi connectivity index (χ2v) is 3.26. The number of ketones is 1. The van der Waals surface area contributed by atoms with Gasteiger partial charge in [0.1, 0.15) is 0 Å². The van der Waals surface area contributed by atoms with Crippen LogP contribution in [0.1, 0.15) is 32.6 Å². The number of hydrogen-bond donors (Lipinski definition) is 0. The maximum Gasteiger partial charge on any atom is 0.166 e. The summed E-state index contributed by atoms with van der Waals surface area (Å²) in [6, 6.07) is 0. The molecule has 1 aliphatic heterocycles. The summed E-state index contributed by atoms with van der Waals surface area (Å²) in [5, 5.41) is 0. The Hall–Kier alpha value is -0.440. The fourth-order valence-corrected chi connectivity index (χ4v) is 1.37. The maximum atomic E-state index is 12.4. The third-order valence-corrected chi connectivity index (χ3v) is 2.18. The number of carbonyl (C=O) groups excluding carboxylic acids is 1. The summed E-state index contributed by atoms with van der Waals surface area (Å²) in [4.78, 5) is 10.9. The highest BCUT2D eigenvalue weighted by Gasteiger charge is 2.18. The first kappa shape index (κ1) is 9.65. The van der Waals surface area contributed by atoms with Gasteiger partial charge in [0.05, 0.1) is 6.10 Å². The molecule has 0 N–H and O–H groups in total. The van der Waals surface area contributed by atoms with Gasteiger partial charge in [0.25, 0.3) is 0 Å². The van der Waals surface area contributed by atoms with Gasteiger partial charge in [0.15, 0.2) is 12.0 Å². The van der Waals surface area contributed by atoms with E-state index in [0.717, 1.165) is 19.4 Å². The van der Waals surface area contributed by atoms with Crippen molar-refractivity contribution in [3.63, 3.8) is 0 Å². The molecule has 0 aromatic carbocycles. The SMILES string of the molecule is CC(F)C(=O)CCC1CCCO1. The Bertz CT molecular complexity index is 151. The largest absolute Gasteiger partial charge is 0.378 e. The number of rotatable bonds is 4. The van der Waals surface area contributed by atoms with Gasteiger partial charge in [-0.3, -0.25) is 4.79 Å². The van der Waals surface area contributed by atoms with Gasteiger partial charge in [-0.2, -0.15) is 0 Å². The molecule has 1 rings (SSSR count). The number of halogens is 1. The van der Waals surface area contributed by atoms with E-state index in [2.05, 4.69) is 0 Å². The smallest absolute Gasteiger partial charge is 0.166 e. The maximum absolute atomic E-state index is 12.4. The highest BCUT2D eigenvalue weighted by atomic mass is 19.1. The van der Waals surface area contributed by atoms with Gasteiger partial charge in [0, 0.05) is 13.0 Å². The van der Waals surface area contributed by atoms with Crippen molar-refractivity contribution in [1.82, 2.24) is 0 Å². The number of Topliss-reactive ketones (excluding diaryl/α,β-unsaturated/α-hetero) is 1. The van der Waals surface area contributed by atoms with Crippen molar-refractivity contribution in [3.8, 4) is 0 Å². The molecule has 0 aromatic heterocycles. The van der Waals surface area contributed by atoms with Crippen molar-refractivity contribution >= 4 is 5.78 Å². The molecule has 2 unspecified atom stereocenters. The second-order valence-electron chi connectivity index (χ2n) is 3.26. The molecule has 0 spiro atoms. The molecule has 0 aromatic rings. The number of hydrogen-bond acceptors (Lipinski definition) is 2. The van der Waals surface area contributed by atoms with E-state index in [1.165, 1.54) is 6.92 Å². The summed E-state index contributed by atoms with van der Waals surface area (Å²) >= 11 is 0. The molecule has 12 heavy (non-hydrogen) atoms. The van der Waals surface area contributed by atoms with E-state index in [1.807, 2.05) is 0 Å². The highest BCUT2D eigenvalue weighted by molar-refractivity contribution is 5.82. The van der Waals surface area contributed by atoms with Crippen LogP contribution in [-0.2, 0) is 9.53 Å². The van der Waals surface area contributed by atoms with E-state index >= 15 is 0 Å². The first-order valence-electron chi connectivity index (χ1n) is 4.48. The van der Waals surface area contributed by atoms with E-state index in [0.29, 0.717) is 12.8 Å². The first-order valence-corrected chi connectivity index (χ1v) is 4.48. The fourth-order valence-electron chi connectivity index (χ4n) is 1.37. The molecule has 3 heteroatoms. The lowest BCUT2D eigenvalue weighted by Gasteiger charge is -2.07. The summed E-state index contributed by atoms with van der Waals surface area (Å²) in [5.41, 5.74) is 0. The molecule has 2 atom stereocenters. The summed E-state index contributed by atoms with van der Waals surface area (Å²) in [6.07, 6.45) is 1.99. The van der Waals surface area contributed by atoms with Gasteiger partial charge in [-0.15, -0.1) is 0 Å². The molecule has 1 heterocycles. The van der Waals surface area contributed by atoms with Crippen LogP contribution in [0.3, 0.4) is 0 Å². The Morgan fingerprint density at radius 1 is 1.75 bits per heavy atom. The fraction of sp³-hybridized carbons (Fsp3) is 0.889. The molecule has 0 bridgehead atoms. The average Bonchev–Trinajstić information content (AvgIpc) is 2.51. The van der Waals surface area contributed by atoms with E-state index in [-0.39, 0.29) is 11.9 Å². The molecule has 1 fully saturated rings. The molecular formula is C9H15FO2. The minimum Gasteiger partial charge on any atom is -0.378 e. The molecule has 1 saturated heterocycles. The zero-order valence-electron chi connectivity index (χ0n) is 7.38. The summed E-state index contributed by atoms with van der Waals surface area (Å²) in [5.74, 6) is -0.300. The van der Waals surface area contributed by atoms with Crippen LogP contribution in [0.5, 0.6) is 0 Å². The molecule has 70 valence electrons. The standard InChI is InChI=1S/C9H15FO2/c1-7(10)9(11)5-4-8-3-2-6-12-8/h7-8H,2-6H2,1H3. The summed E-state index contributed by atoms with van der Waals surface area (Å²) in [6.45, 7) is 2.09. The quantitative estimate of drug-likeness (QED) is 0.650. The van der Waals surface area contributed by atoms with Gasteiger partial charge in [-0.25, -0.2) is 4.39 Å². The molecule has 0 aliphatic carbocycles. The lowest BCUT2D eigenvalue weighted by Crippen LogP contribution is -2.14. The third-order valence-electron chi connectivity index (χ3n) is 2.18. The molecule has 2 nitrogen and oxygen atoms in total. The third kappa shape index (κ3) is 2.89. The first-order chi connectivity index (χ1) is 5.70. The monoisotopic (exact) mass is 174 g/mol. The van der Waals surface area contributed by atoms with Crippen LogP contribution < -0.4 is 0 Å². The average molecular weight is 174 g/mol. The number of ether oxygens (including phenoxy) is 1. The zero-order chi connectivity index (χ0) is 8.97. The Morgan fingerprint density at radius 2 is 2.50 bits per heavy atom. The Labute approximate surface area is 72.1 Å². The Balaban J connectivity index is 2.12. The summed E-state index contributed by atoms with van der Waals surface area (Å²) < 4.78 is 17.7. The molecule has 0 radical (unpaired) electrons. The van der Waals surface area contributed by atoms with Crippen LogP contribution in [0.25, 0.3) is 0 Å². The molecular weight excluding hydrogens is 159 g/mol. The van der Waals surface area contributed by atoms with Gasteiger partial charge in [0.2, 0.25) is 0 Å². The van der Waals surface area contributed by atoms with Crippen LogP contribution in [-0.4, -0.2) is 24.7 Å². The van der Waals surface area contributed by atoms with Gasteiger partial charge in [-0.05, 0) is 26.2 Å². The predicted molar refractivity (Wildman–Crippen MR) is 43.8 cm³/mol. The van der Waals surface area contributed by atoms with Crippen LogP contribution in [0.2, 0.25) is 0 Å². The van der Waals surface area contributed by atoms with E-state index in [9.17, 15) is 9.18 Å². The van der Waals surface area contributed by atoms with E-state index < -0.39 is 6.17 Å². The minimum atomic E-state index is -1.31. The zero-order valence-corrected chi connectivity index (χ0v) is 7.38. The van der Waals surface area contributed by atoms with Crippen molar-refractivity contribution in [2.75, 3.05) is 6.61 Å². The van der Waals surface area contributed by atoms with E-state index in [4.69, 9.17) is 4.74 Å². The Kier molecular flexibility index (Phi) is 3.66. The normalized spacial score (nSPS) is 25.7. The lowest BCUT2D eigenvalue weighted by molar-refractivity contribution is -0.123. The van der Waals surface area contributed by atoms with Gasteiger partial charge in [-0.1, -0.05) is 0 Å². The number of alkyl halides is 1. The summed E-state index contributed by atoms with van der Waals surface area (Å²) in [7, 11) is 0. The molecule has 0 amide bonds. The van der Waals surface area contributed by atoms with Crippen molar-refractivity contribution < 1.29 is 13.9 Å². The van der Waals surface area contributed by atoms with Gasteiger partial charge >= 0.3 is 0 Å². The lowest BCUT2D eigenvalue weighted by atomic mass is 10.1. The minimum absolute atomic E-state index is 0.202. The number of carbonyl (C=O) groups is 1. The van der Waals surface area contributed by atoms with Crippen molar-refractivity contribution in [2.45, 2.75) is 44.9 Å². The molecule has 1 aliphatic rings. The van der Waals surface area contributed by atoms with Crippen LogP contribution in [0.15, 0.2) is 0 Å². The Morgan fingerprint density at radius 3 is 3.00 bits per heavy atom. The van der Waals surface area contributed by atoms with Crippen molar-refractivity contribution in [1.29, 1.82) is 0 Å². The van der Waals surface area contributed by atoms with Crippen LogP contribution in [0.4, 0.5) is 4.39 Å².